The molecule has 0 aromatic heterocycles. The molecule has 0 saturated carbocycles. The summed E-state index contributed by atoms with van der Waals surface area (Å²) in [4.78, 5) is 9.69. The van der Waals surface area contributed by atoms with Gasteiger partial charge < -0.3 is 5.73 Å². The van der Waals surface area contributed by atoms with Crippen molar-refractivity contribution in [3.05, 3.63) is 13.2 Å². The van der Waals surface area contributed by atoms with Gasteiger partial charge >= 0.3 is 0 Å². The van der Waals surface area contributed by atoms with Crippen molar-refractivity contribution < 1.29 is 4.79 Å². The fourth-order valence-electron chi connectivity index (χ4n) is 0. The lowest BCUT2D eigenvalue weighted by Crippen LogP contribution is -2.07. The van der Waals surface area contributed by atoms with E-state index < -0.39 is 0 Å². The van der Waals surface area contributed by atoms with Crippen LogP contribution in [0.25, 0.3) is 0 Å². The Kier molecular flexibility index (Phi) is 12.4. The van der Waals surface area contributed by atoms with E-state index in [0.29, 0.717) is 0 Å². The summed E-state index contributed by atoms with van der Waals surface area (Å²) in [6.07, 6.45) is 0. The number of Topliss-reactive ketones (excluding diaryl/α,β-unsaturated/α-hetero) is 1. The van der Waals surface area contributed by atoms with Gasteiger partial charge in [0.05, 0.1) is 6.54 Å². The Morgan fingerprint density at radius 1 is 1.71 bits per heavy atom. The van der Waals surface area contributed by atoms with Gasteiger partial charge in [-0.25, -0.2) is 0 Å². The summed E-state index contributed by atoms with van der Waals surface area (Å²) in [7, 11) is 0. The van der Waals surface area contributed by atoms with Crippen LogP contribution in [-0.4, -0.2) is 12.3 Å². The summed E-state index contributed by atoms with van der Waals surface area (Å²) >= 11 is 0. The van der Waals surface area contributed by atoms with Gasteiger partial charge in [-0.05, 0) is 6.92 Å². The minimum Gasteiger partial charge on any atom is -0.324 e. The van der Waals surface area contributed by atoms with Gasteiger partial charge in [-0.15, -0.1) is 13.2 Å². The maximum atomic E-state index is 9.69. The quantitative estimate of drug-likeness (QED) is 0.484. The SMILES string of the molecule is C=C.CC(=O)CN. The summed E-state index contributed by atoms with van der Waals surface area (Å²) in [6, 6.07) is 0. The molecule has 2 heteroatoms. The molecule has 0 amide bonds. The first-order valence-electron chi connectivity index (χ1n) is 1.97. The molecule has 42 valence electrons. The van der Waals surface area contributed by atoms with E-state index in [1.807, 2.05) is 0 Å². The monoisotopic (exact) mass is 101 g/mol. The van der Waals surface area contributed by atoms with Crippen molar-refractivity contribution in [1.82, 2.24) is 0 Å². The zero-order chi connectivity index (χ0) is 6.28. The highest BCUT2D eigenvalue weighted by Crippen LogP contribution is 1.51. The van der Waals surface area contributed by atoms with Crippen LogP contribution in [0.5, 0.6) is 0 Å². The van der Waals surface area contributed by atoms with Gasteiger partial charge in [-0.2, -0.15) is 0 Å². The van der Waals surface area contributed by atoms with Crippen LogP contribution >= 0.6 is 0 Å². The van der Waals surface area contributed by atoms with Crippen molar-refractivity contribution in [3.8, 4) is 0 Å². The molecular formula is C5H11NO. The fourth-order valence-corrected chi connectivity index (χ4v) is 0. The number of carbonyl (C=O) groups excluding carboxylic acids is 1. The van der Waals surface area contributed by atoms with Gasteiger partial charge in [-0.3, -0.25) is 4.79 Å². The lowest BCUT2D eigenvalue weighted by atomic mass is 10.5. The number of rotatable bonds is 1. The molecule has 0 aromatic rings. The van der Waals surface area contributed by atoms with Crippen molar-refractivity contribution in [2.75, 3.05) is 6.54 Å². The lowest BCUT2D eigenvalue weighted by Gasteiger charge is -1.73. The predicted molar refractivity (Wildman–Crippen MR) is 31.0 cm³/mol. The Morgan fingerprint density at radius 3 is 1.86 bits per heavy atom. The zero-order valence-corrected chi connectivity index (χ0v) is 4.61. The third kappa shape index (κ3) is 32.5. The summed E-state index contributed by atoms with van der Waals surface area (Å²) in [5.41, 5.74) is 4.82. The molecule has 0 atom stereocenters. The molecule has 0 spiro atoms. The van der Waals surface area contributed by atoms with E-state index in [1.54, 1.807) is 0 Å². The Bertz CT molecular complexity index is 52.0. The first-order chi connectivity index (χ1) is 3.27. The van der Waals surface area contributed by atoms with E-state index in [0.717, 1.165) is 0 Å². The Hall–Kier alpha value is -0.630. The molecule has 2 nitrogen and oxygen atoms in total. The van der Waals surface area contributed by atoms with Crippen LogP contribution in [0, 0.1) is 0 Å². The molecule has 2 N–H and O–H groups in total. The van der Waals surface area contributed by atoms with Gasteiger partial charge in [0, 0.05) is 0 Å². The highest BCUT2D eigenvalue weighted by molar-refractivity contribution is 5.77. The molecule has 0 fully saturated rings. The minimum atomic E-state index is 0.0324. The molecule has 0 rings (SSSR count). The normalized spacial score (nSPS) is 6.00. The molecular weight excluding hydrogens is 90.1 g/mol. The molecule has 7 heavy (non-hydrogen) atoms. The molecule has 0 aliphatic heterocycles. The van der Waals surface area contributed by atoms with Crippen molar-refractivity contribution >= 4 is 5.78 Å². The third-order valence-corrected chi connectivity index (χ3v) is 0.287. The Morgan fingerprint density at radius 2 is 1.86 bits per heavy atom. The van der Waals surface area contributed by atoms with E-state index in [1.165, 1.54) is 6.92 Å². The van der Waals surface area contributed by atoms with Gasteiger partial charge in [0.25, 0.3) is 0 Å². The Labute approximate surface area is 44.0 Å². The van der Waals surface area contributed by atoms with E-state index in [-0.39, 0.29) is 12.3 Å². The van der Waals surface area contributed by atoms with Gasteiger partial charge in [-0.1, -0.05) is 0 Å². The Balaban J connectivity index is 0. The maximum absolute atomic E-state index is 9.69. The smallest absolute Gasteiger partial charge is 0.143 e. The van der Waals surface area contributed by atoms with Crippen LogP contribution in [0.3, 0.4) is 0 Å². The minimum absolute atomic E-state index is 0.0324. The van der Waals surface area contributed by atoms with Crippen molar-refractivity contribution in [3.63, 3.8) is 0 Å². The van der Waals surface area contributed by atoms with E-state index in [2.05, 4.69) is 13.2 Å². The number of hydrogen-bond donors (Lipinski definition) is 1. The third-order valence-electron chi connectivity index (χ3n) is 0.287. The van der Waals surface area contributed by atoms with Crippen LogP contribution in [0.4, 0.5) is 0 Å². The number of nitrogens with two attached hydrogens (primary N) is 1. The summed E-state index contributed by atoms with van der Waals surface area (Å²) < 4.78 is 0. The molecule has 0 aliphatic carbocycles. The second-order valence-corrected chi connectivity index (χ2v) is 0.906. The molecule has 0 aliphatic rings. The van der Waals surface area contributed by atoms with Crippen LogP contribution < -0.4 is 5.73 Å². The zero-order valence-electron chi connectivity index (χ0n) is 4.61. The van der Waals surface area contributed by atoms with Crippen LogP contribution in [-0.2, 0) is 4.79 Å². The van der Waals surface area contributed by atoms with Crippen LogP contribution in [0.15, 0.2) is 13.2 Å². The summed E-state index contributed by atoms with van der Waals surface area (Å²) in [5.74, 6) is 0.0324. The summed E-state index contributed by atoms with van der Waals surface area (Å²) in [5, 5.41) is 0. The average molecular weight is 101 g/mol. The van der Waals surface area contributed by atoms with Gasteiger partial charge in [0.1, 0.15) is 5.78 Å². The molecule has 0 bridgehead atoms. The van der Waals surface area contributed by atoms with E-state index in [4.69, 9.17) is 5.73 Å². The first-order valence-corrected chi connectivity index (χ1v) is 1.97. The van der Waals surface area contributed by atoms with Gasteiger partial charge in [0.2, 0.25) is 0 Å². The van der Waals surface area contributed by atoms with Crippen LogP contribution in [0.1, 0.15) is 6.92 Å². The predicted octanol–water partition coefficient (Wildman–Crippen LogP) is 0.336. The average Bonchev–Trinajstić information content (AvgIpc) is 1.73. The molecule has 0 unspecified atom stereocenters. The standard InChI is InChI=1S/C3H7NO.C2H4/c1-3(5)2-4;1-2/h2,4H2,1H3;1-2H2. The second kappa shape index (κ2) is 9.03. The first kappa shape index (κ1) is 9.62. The molecule has 0 aromatic carbocycles. The van der Waals surface area contributed by atoms with Gasteiger partial charge in [0.15, 0.2) is 0 Å². The number of ketones is 1. The van der Waals surface area contributed by atoms with Crippen molar-refractivity contribution in [1.29, 1.82) is 0 Å². The van der Waals surface area contributed by atoms with Crippen molar-refractivity contribution in [2.45, 2.75) is 6.92 Å². The molecule has 0 saturated heterocycles. The van der Waals surface area contributed by atoms with E-state index >= 15 is 0 Å². The number of carbonyl (C=O) groups is 1. The van der Waals surface area contributed by atoms with Crippen LogP contribution in [0.2, 0.25) is 0 Å². The summed E-state index contributed by atoms with van der Waals surface area (Å²) in [6.45, 7) is 7.62. The number of hydrogen-bond acceptors (Lipinski definition) is 2. The van der Waals surface area contributed by atoms with Crippen molar-refractivity contribution in [2.24, 2.45) is 5.73 Å². The second-order valence-electron chi connectivity index (χ2n) is 0.906. The highest BCUT2D eigenvalue weighted by Gasteiger charge is 1.76. The molecule has 0 radical (unpaired) electrons. The fraction of sp³-hybridized carbons (Fsp3) is 0.400. The molecule has 0 heterocycles. The van der Waals surface area contributed by atoms with E-state index in [9.17, 15) is 4.79 Å². The topological polar surface area (TPSA) is 43.1 Å². The maximum Gasteiger partial charge on any atom is 0.143 e. The lowest BCUT2D eigenvalue weighted by molar-refractivity contribution is -0.115. The highest BCUT2D eigenvalue weighted by atomic mass is 16.1. The largest absolute Gasteiger partial charge is 0.324 e.